The number of para-hydroxylation sites is 2. The summed E-state index contributed by atoms with van der Waals surface area (Å²) in [6.07, 6.45) is -0.556. The zero-order chi connectivity index (χ0) is 10.8. The van der Waals surface area contributed by atoms with Gasteiger partial charge in [0.2, 0.25) is 0 Å². The smallest absolute Gasteiger partial charge is 0.102 e. The van der Waals surface area contributed by atoms with Crippen molar-refractivity contribution in [3.05, 3.63) is 24.3 Å². The van der Waals surface area contributed by atoms with E-state index >= 15 is 0 Å². The molecule has 1 aliphatic heterocycles. The van der Waals surface area contributed by atoms with Crippen LogP contribution in [0.15, 0.2) is 24.3 Å². The molecule has 0 aromatic heterocycles. The van der Waals surface area contributed by atoms with Crippen LogP contribution in [0.1, 0.15) is 0 Å². The monoisotopic (exact) mass is 208 g/mol. The number of anilines is 2. The van der Waals surface area contributed by atoms with E-state index in [1.807, 2.05) is 29.2 Å². The van der Waals surface area contributed by atoms with Gasteiger partial charge in [-0.25, -0.2) is 0 Å². The van der Waals surface area contributed by atoms with Crippen molar-refractivity contribution in [1.82, 2.24) is 0 Å². The Morgan fingerprint density at radius 1 is 1.40 bits per heavy atom. The number of hydrogen-bond acceptors (Lipinski definition) is 4. The Morgan fingerprint density at radius 3 is 2.73 bits per heavy atom. The molecule has 0 saturated carbocycles. The standard InChI is InChI=1S/C11H16N2O2/c1-15-11-7-13(6-10(11)14)9-5-3-2-4-8(9)12/h2-5,10-11,14H,6-7,12H2,1H3/t10-,11+/m1/s1. The summed E-state index contributed by atoms with van der Waals surface area (Å²) in [7, 11) is 1.62. The molecule has 1 aliphatic rings. The predicted octanol–water partition coefficient (Wildman–Crippen LogP) is 0.465. The molecule has 1 aromatic rings. The van der Waals surface area contributed by atoms with Gasteiger partial charge < -0.3 is 20.5 Å². The van der Waals surface area contributed by atoms with Gasteiger partial charge in [0.25, 0.3) is 0 Å². The van der Waals surface area contributed by atoms with Crippen LogP contribution in [0.5, 0.6) is 0 Å². The lowest BCUT2D eigenvalue weighted by molar-refractivity contribution is 0.0217. The number of β-amino-alcohol motifs (C(OH)–C–C–N with tert-alkyl or cyclic N) is 1. The van der Waals surface area contributed by atoms with Crippen molar-refractivity contribution in [2.75, 3.05) is 30.8 Å². The van der Waals surface area contributed by atoms with Crippen LogP contribution in [-0.2, 0) is 4.74 Å². The Labute approximate surface area is 89.3 Å². The summed E-state index contributed by atoms with van der Waals surface area (Å²) >= 11 is 0. The van der Waals surface area contributed by atoms with Crippen molar-refractivity contribution in [2.24, 2.45) is 0 Å². The molecular formula is C11H16N2O2. The third kappa shape index (κ3) is 1.91. The zero-order valence-corrected chi connectivity index (χ0v) is 8.76. The highest BCUT2D eigenvalue weighted by Crippen LogP contribution is 2.26. The largest absolute Gasteiger partial charge is 0.397 e. The van der Waals surface area contributed by atoms with Gasteiger partial charge in [-0.1, -0.05) is 12.1 Å². The van der Waals surface area contributed by atoms with Crippen LogP contribution in [0.2, 0.25) is 0 Å². The second-order valence-electron chi connectivity index (χ2n) is 3.81. The second kappa shape index (κ2) is 4.08. The number of benzene rings is 1. The molecule has 0 aliphatic carbocycles. The Balaban J connectivity index is 2.17. The highest BCUT2D eigenvalue weighted by atomic mass is 16.5. The van der Waals surface area contributed by atoms with E-state index in [1.165, 1.54) is 0 Å². The Bertz CT molecular complexity index is 343. The first-order valence-corrected chi connectivity index (χ1v) is 5.02. The lowest BCUT2D eigenvalue weighted by atomic mass is 10.2. The lowest BCUT2D eigenvalue weighted by Gasteiger charge is -2.19. The highest BCUT2D eigenvalue weighted by Gasteiger charge is 2.31. The van der Waals surface area contributed by atoms with Crippen LogP contribution >= 0.6 is 0 Å². The van der Waals surface area contributed by atoms with E-state index in [9.17, 15) is 5.11 Å². The third-order valence-electron chi connectivity index (χ3n) is 2.82. The maximum Gasteiger partial charge on any atom is 0.102 e. The molecule has 1 aromatic carbocycles. The van der Waals surface area contributed by atoms with Gasteiger partial charge in [0.1, 0.15) is 6.10 Å². The zero-order valence-electron chi connectivity index (χ0n) is 8.76. The van der Waals surface area contributed by atoms with Crippen molar-refractivity contribution in [2.45, 2.75) is 12.2 Å². The van der Waals surface area contributed by atoms with E-state index in [4.69, 9.17) is 10.5 Å². The van der Waals surface area contributed by atoms with Gasteiger partial charge in [0, 0.05) is 20.2 Å². The van der Waals surface area contributed by atoms with E-state index in [-0.39, 0.29) is 6.10 Å². The fourth-order valence-electron chi connectivity index (χ4n) is 1.96. The number of aliphatic hydroxyl groups excluding tert-OH is 1. The molecule has 0 bridgehead atoms. The molecule has 1 saturated heterocycles. The van der Waals surface area contributed by atoms with E-state index in [2.05, 4.69) is 0 Å². The van der Waals surface area contributed by atoms with Gasteiger partial charge in [-0.2, -0.15) is 0 Å². The van der Waals surface area contributed by atoms with Crippen molar-refractivity contribution >= 4 is 11.4 Å². The lowest BCUT2D eigenvalue weighted by Crippen LogP contribution is -2.25. The molecule has 0 amide bonds. The van der Waals surface area contributed by atoms with Crippen molar-refractivity contribution in [3.63, 3.8) is 0 Å². The van der Waals surface area contributed by atoms with Crippen LogP contribution in [-0.4, -0.2) is 37.5 Å². The number of nitrogens with two attached hydrogens (primary N) is 1. The second-order valence-corrected chi connectivity index (χ2v) is 3.81. The van der Waals surface area contributed by atoms with Gasteiger partial charge in [0.05, 0.1) is 17.5 Å². The Morgan fingerprint density at radius 2 is 2.13 bits per heavy atom. The fraction of sp³-hybridized carbons (Fsp3) is 0.455. The Hall–Kier alpha value is -1.26. The molecular weight excluding hydrogens is 192 g/mol. The molecule has 1 heterocycles. The number of nitrogen functional groups attached to an aromatic ring is 1. The van der Waals surface area contributed by atoms with Crippen molar-refractivity contribution < 1.29 is 9.84 Å². The maximum atomic E-state index is 9.70. The predicted molar refractivity (Wildman–Crippen MR) is 59.9 cm³/mol. The average Bonchev–Trinajstić information content (AvgIpc) is 2.60. The number of nitrogens with zero attached hydrogens (tertiary/aromatic N) is 1. The molecule has 4 nitrogen and oxygen atoms in total. The molecule has 0 radical (unpaired) electrons. The summed E-state index contributed by atoms with van der Waals surface area (Å²) in [6.45, 7) is 1.26. The summed E-state index contributed by atoms with van der Waals surface area (Å²) in [6, 6.07) is 7.67. The average molecular weight is 208 g/mol. The van der Waals surface area contributed by atoms with Crippen molar-refractivity contribution in [1.29, 1.82) is 0 Å². The van der Waals surface area contributed by atoms with Gasteiger partial charge in [-0.05, 0) is 12.1 Å². The summed E-state index contributed by atoms with van der Waals surface area (Å²) in [4.78, 5) is 2.05. The molecule has 0 spiro atoms. The minimum absolute atomic E-state index is 0.121. The topological polar surface area (TPSA) is 58.7 Å². The van der Waals surface area contributed by atoms with Crippen LogP contribution < -0.4 is 10.6 Å². The number of hydrogen-bond donors (Lipinski definition) is 2. The highest BCUT2D eigenvalue weighted by molar-refractivity contribution is 5.67. The van der Waals surface area contributed by atoms with Gasteiger partial charge in [-0.15, -0.1) is 0 Å². The normalized spacial score (nSPS) is 25.9. The summed E-state index contributed by atoms with van der Waals surface area (Å²) in [5, 5.41) is 9.70. The summed E-state index contributed by atoms with van der Waals surface area (Å²) in [5.41, 5.74) is 7.57. The molecule has 2 rings (SSSR count). The third-order valence-corrected chi connectivity index (χ3v) is 2.82. The minimum atomic E-state index is -0.436. The van der Waals surface area contributed by atoms with Gasteiger partial charge in [0.15, 0.2) is 0 Å². The summed E-state index contributed by atoms with van der Waals surface area (Å²) in [5.74, 6) is 0. The fourth-order valence-corrected chi connectivity index (χ4v) is 1.96. The molecule has 4 heteroatoms. The van der Waals surface area contributed by atoms with Crippen molar-refractivity contribution in [3.8, 4) is 0 Å². The Kier molecular flexibility index (Phi) is 2.79. The summed E-state index contributed by atoms with van der Waals surface area (Å²) < 4.78 is 5.18. The number of rotatable bonds is 2. The van der Waals surface area contributed by atoms with Crippen LogP contribution in [0.25, 0.3) is 0 Å². The number of methoxy groups -OCH3 is 1. The van der Waals surface area contributed by atoms with E-state index in [0.717, 1.165) is 11.4 Å². The number of aliphatic hydroxyl groups is 1. The van der Waals surface area contributed by atoms with Gasteiger partial charge >= 0.3 is 0 Å². The van der Waals surface area contributed by atoms with Crippen LogP contribution in [0, 0.1) is 0 Å². The first-order valence-electron chi connectivity index (χ1n) is 5.02. The van der Waals surface area contributed by atoms with Crippen LogP contribution in [0.3, 0.4) is 0 Å². The molecule has 2 atom stereocenters. The first-order chi connectivity index (χ1) is 7.22. The molecule has 0 unspecified atom stereocenters. The quantitative estimate of drug-likeness (QED) is 0.693. The molecule has 1 fully saturated rings. The molecule has 15 heavy (non-hydrogen) atoms. The van der Waals surface area contributed by atoms with Crippen LogP contribution in [0.4, 0.5) is 11.4 Å². The number of ether oxygens (including phenoxy) is 1. The van der Waals surface area contributed by atoms with E-state index in [0.29, 0.717) is 13.1 Å². The van der Waals surface area contributed by atoms with Gasteiger partial charge in [-0.3, -0.25) is 0 Å². The minimum Gasteiger partial charge on any atom is -0.397 e. The van der Waals surface area contributed by atoms with E-state index < -0.39 is 6.10 Å². The SMILES string of the molecule is CO[C@H]1CN(c2ccccc2N)C[C@H]1O. The van der Waals surface area contributed by atoms with E-state index in [1.54, 1.807) is 7.11 Å². The first kappa shape index (κ1) is 10.3. The molecule has 3 N–H and O–H groups in total. The maximum absolute atomic E-state index is 9.70. The molecule has 82 valence electrons.